The molecule has 3 nitrogen and oxygen atoms in total. The minimum Gasteiger partial charge on any atom is -0.386 e. The number of hydrogen-bond acceptors (Lipinski definition) is 2. The van der Waals surface area contributed by atoms with Gasteiger partial charge in [0.05, 0.1) is 0 Å². The van der Waals surface area contributed by atoms with E-state index in [0.717, 1.165) is 12.1 Å². The summed E-state index contributed by atoms with van der Waals surface area (Å²) < 4.78 is 0. The zero-order chi connectivity index (χ0) is 10.1. The molecule has 1 aliphatic rings. The van der Waals surface area contributed by atoms with Crippen molar-refractivity contribution < 1.29 is 4.79 Å². The van der Waals surface area contributed by atoms with Crippen LogP contribution in [0.2, 0.25) is 0 Å². The van der Waals surface area contributed by atoms with Gasteiger partial charge in [0.25, 0.3) is 0 Å². The van der Waals surface area contributed by atoms with Crippen LogP contribution in [0.4, 0.5) is 0 Å². The van der Waals surface area contributed by atoms with Crippen LogP contribution in [0, 0.1) is 0 Å². The number of hydrogen-bond donors (Lipinski definition) is 2. The van der Waals surface area contributed by atoms with Gasteiger partial charge in [-0.1, -0.05) is 0 Å². The third kappa shape index (κ3) is 3.09. The molecule has 1 heterocycles. The van der Waals surface area contributed by atoms with Gasteiger partial charge in [-0.25, -0.2) is 0 Å². The lowest BCUT2D eigenvalue weighted by molar-refractivity contribution is -0.118. The molecule has 2 N–H and O–H groups in total. The Morgan fingerprint density at radius 1 is 1.54 bits per heavy atom. The van der Waals surface area contributed by atoms with Crippen molar-refractivity contribution in [2.24, 2.45) is 0 Å². The van der Waals surface area contributed by atoms with E-state index in [1.165, 1.54) is 0 Å². The number of nitrogens with one attached hydrogen (secondary N) is 2. The first-order valence-electron chi connectivity index (χ1n) is 4.68. The first-order chi connectivity index (χ1) is 5.89. The fourth-order valence-corrected chi connectivity index (χ4v) is 1.56. The van der Waals surface area contributed by atoms with Gasteiger partial charge >= 0.3 is 0 Å². The quantitative estimate of drug-likeness (QED) is 0.673. The summed E-state index contributed by atoms with van der Waals surface area (Å²) in [6.45, 7) is 8.19. The Morgan fingerprint density at radius 2 is 2.15 bits per heavy atom. The number of rotatable bonds is 2. The molecular weight excluding hydrogens is 164 g/mol. The predicted octanol–water partition coefficient (Wildman–Crippen LogP) is 1.17. The first kappa shape index (κ1) is 10.1. The Balaban J connectivity index is 2.70. The molecule has 0 bridgehead atoms. The van der Waals surface area contributed by atoms with E-state index in [0.29, 0.717) is 6.04 Å². The van der Waals surface area contributed by atoms with Crippen molar-refractivity contribution in [3.63, 3.8) is 0 Å². The van der Waals surface area contributed by atoms with E-state index in [2.05, 4.69) is 24.5 Å². The van der Waals surface area contributed by atoms with Gasteiger partial charge in [-0.2, -0.15) is 0 Å². The lowest BCUT2D eigenvalue weighted by Gasteiger charge is -2.32. The van der Waals surface area contributed by atoms with Crippen LogP contribution in [0.3, 0.4) is 0 Å². The molecule has 0 saturated heterocycles. The van der Waals surface area contributed by atoms with E-state index in [-0.39, 0.29) is 11.4 Å². The SMILES string of the molecule is CC(C)NC1=CC(=O)NC(C)(C)C1. The highest BCUT2D eigenvalue weighted by Crippen LogP contribution is 2.18. The zero-order valence-electron chi connectivity index (χ0n) is 8.77. The van der Waals surface area contributed by atoms with Crippen LogP contribution >= 0.6 is 0 Å². The van der Waals surface area contributed by atoms with Gasteiger partial charge in [-0.15, -0.1) is 0 Å². The Labute approximate surface area is 79.6 Å². The summed E-state index contributed by atoms with van der Waals surface area (Å²) in [4.78, 5) is 11.2. The lowest BCUT2D eigenvalue weighted by atomic mass is 9.94. The molecule has 74 valence electrons. The fourth-order valence-electron chi connectivity index (χ4n) is 1.56. The van der Waals surface area contributed by atoms with Crippen molar-refractivity contribution in [1.29, 1.82) is 0 Å². The smallest absolute Gasteiger partial charge is 0.246 e. The fraction of sp³-hybridized carbons (Fsp3) is 0.700. The minimum absolute atomic E-state index is 0.000556. The van der Waals surface area contributed by atoms with E-state index in [1.807, 2.05) is 13.8 Å². The highest BCUT2D eigenvalue weighted by atomic mass is 16.1. The maximum Gasteiger partial charge on any atom is 0.246 e. The van der Waals surface area contributed by atoms with Crippen molar-refractivity contribution in [2.45, 2.75) is 45.7 Å². The monoisotopic (exact) mass is 182 g/mol. The Kier molecular flexibility index (Phi) is 2.64. The van der Waals surface area contributed by atoms with Crippen LogP contribution in [0.5, 0.6) is 0 Å². The molecule has 0 radical (unpaired) electrons. The molecule has 0 aromatic carbocycles. The Morgan fingerprint density at radius 3 is 2.62 bits per heavy atom. The van der Waals surface area contributed by atoms with Crippen molar-refractivity contribution in [1.82, 2.24) is 10.6 Å². The summed E-state index contributed by atoms with van der Waals surface area (Å²) in [5.74, 6) is -0.000556. The van der Waals surface area contributed by atoms with Crippen molar-refractivity contribution in [2.75, 3.05) is 0 Å². The largest absolute Gasteiger partial charge is 0.386 e. The van der Waals surface area contributed by atoms with Gasteiger partial charge in [-0.05, 0) is 27.7 Å². The maximum absolute atomic E-state index is 11.2. The lowest BCUT2D eigenvalue weighted by Crippen LogP contribution is -2.48. The van der Waals surface area contributed by atoms with Crippen molar-refractivity contribution in [3.05, 3.63) is 11.8 Å². The van der Waals surface area contributed by atoms with Crippen molar-refractivity contribution in [3.8, 4) is 0 Å². The average molecular weight is 182 g/mol. The molecule has 0 atom stereocenters. The third-order valence-electron chi connectivity index (χ3n) is 1.87. The maximum atomic E-state index is 11.2. The van der Waals surface area contributed by atoms with E-state index >= 15 is 0 Å². The van der Waals surface area contributed by atoms with E-state index in [9.17, 15) is 4.79 Å². The van der Waals surface area contributed by atoms with Gasteiger partial charge in [0.1, 0.15) is 0 Å². The van der Waals surface area contributed by atoms with Crippen molar-refractivity contribution >= 4 is 5.91 Å². The van der Waals surface area contributed by atoms with Crippen LogP contribution in [0.25, 0.3) is 0 Å². The van der Waals surface area contributed by atoms with E-state index in [1.54, 1.807) is 6.08 Å². The van der Waals surface area contributed by atoms with Crippen LogP contribution in [0.15, 0.2) is 11.8 Å². The molecule has 0 aromatic heterocycles. The molecule has 3 heteroatoms. The Hall–Kier alpha value is -0.990. The van der Waals surface area contributed by atoms with Gasteiger partial charge < -0.3 is 10.6 Å². The summed E-state index contributed by atoms with van der Waals surface area (Å²) in [5.41, 5.74) is 0.909. The molecule has 1 aliphatic heterocycles. The van der Waals surface area contributed by atoms with Gasteiger partial charge in [-0.3, -0.25) is 4.79 Å². The molecular formula is C10H18N2O. The third-order valence-corrected chi connectivity index (χ3v) is 1.87. The number of amides is 1. The molecule has 0 saturated carbocycles. The summed E-state index contributed by atoms with van der Waals surface area (Å²) >= 11 is 0. The molecule has 0 fully saturated rings. The zero-order valence-corrected chi connectivity index (χ0v) is 8.77. The van der Waals surface area contributed by atoms with Crippen LogP contribution in [0.1, 0.15) is 34.1 Å². The Bertz CT molecular complexity index is 241. The van der Waals surface area contributed by atoms with Crippen LogP contribution in [-0.4, -0.2) is 17.5 Å². The molecule has 0 aromatic rings. The molecule has 0 spiro atoms. The number of carbonyl (C=O) groups is 1. The second-order valence-corrected chi connectivity index (χ2v) is 4.52. The summed E-state index contributed by atoms with van der Waals surface area (Å²) in [6, 6.07) is 0.382. The van der Waals surface area contributed by atoms with E-state index in [4.69, 9.17) is 0 Å². The van der Waals surface area contributed by atoms with Crippen LogP contribution < -0.4 is 10.6 Å². The molecule has 1 amide bonds. The van der Waals surface area contributed by atoms with Gasteiger partial charge in [0.15, 0.2) is 0 Å². The van der Waals surface area contributed by atoms with E-state index < -0.39 is 0 Å². The second kappa shape index (κ2) is 3.40. The summed E-state index contributed by atoms with van der Waals surface area (Å²) in [5, 5.41) is 6.17. The van der Waals surface area contributed by atoms with Gasteiger partial charge in [0, 0.05) is 29.8 Å². The van der Waals surface area contributed by atoms with Crippen LogP contribution in [-0.2, 0) is 4.79 Å². The number of carbonyl (C=O) groups excluding carboxylic acids is 1. The normalized spacial score (nSPS) is 21.0. The average Bonchev–Trinajstić information content (AvgIpc) is 1.78. The van der Waals surface area contributed by atoms with Gasteiger partial charge in [0.2, 0.25) is 5.91 Å². The molecule has 1 rings (SSSR count). The molecule has 13 heavy (non-hydrogen) atoms. The highest BCUT2D eigenvalue weighted by molar-refractivity contribution is 5.89. The highest BCUT2D eigenvalue weighted by Gasteiger charge is 2.26. The first-order valence-corrected chi connectivity index (χ1v) is 4.68. The summed E-state index contributed by atoms with van der Waals surface area (Å²) in [6.07, 6.45) is 2.52. The molecule has 0 aliphatic carbocycles. The summed E-state index contributed by atoms with van der Waals surface area (Å²) in [7, 11) is 0. The minimum atomic E-state index is -0.122. The predicted molar refractivity (Wildman–Crippen MR) is 53.2 cm³/mol. The standard InChI is InChI=1S/C10H18N2O/c1-7(2)11-8-5-9(13)12-10(3,4)6-8/h5,7,11H,6H2,1-4H3,(H,12,13). The molecule has 0 unspecified atom stereocenters. The second-order valence-electron chi connectivity index (χ2n) is 4.52. The topological polar surface area (TPSA) is 41.1 Å².